The molecule has 6 rings (SSSR count). The minimum Gasteiger partial charge on any atom is -0.456 e. The molecule has 0 unspecified atom stereocenters. The van der Waals surface area contributed by atoms with E-state index < -0.39 is 0 Å². The van der Waals surface area contributed by atoms with E-state index in [0.29, 0.717) is 0 Å². The molecule has 3 heteroatoms. The van der Waals surface area contributed by atoms with E-state index in [1.54, 1.807) is 0 Å². The summed E-state index contributed by atoms with van der Waals surface area (Å²) in [5.41, 5.74) is 7.14. The van der Waals surface area contributed by atoms with Gasteiger partial charge in [0.15, 0.2) is 0 Å². The fraction of sp³-hybridized carbons (Fsp3) is 0.0400. The molecule has 4 aromatic carbocycles. The summed E-state index contributed by atoms with van der Waals surface area (Å²) < 4.78 is 13.6. The van der Waals surface area contributed by atoms with Gasteiger partial charge in [0.1, 0.15) is 22.3 Å². The number of rotatable bonds is 1. The smallest absolute Gasteiger partial charge is 0.143 e. The summed E-state index contributed by atoms with van der Waals surface area (Å²) in [6.45, 7) is 2.09. The van der Waals surface area contributed by atoms with Gasteiger partial charge >= 0.3 is 0 Å². The molecule has 0 saturated heterocycles. The molecule has 0 spiro atoms. The van der Waals surface area contributed by atoms with Crippen LogP contribution in [0.25, 0.3) is 55.0 Å². The Bertz CT molecular complexity index is 1530. The second kappa shape index (κ2) is 5.85. The highest BCUT2D eigenvalue weighted by Crippen LogP contribution is 2.39. The van der Waals surface area contributed by atoms with Crippen LogP contribution in [0, 0.1) is 10.5 Å². The Labute approximate surface area is 174 Å². The summed E-state index contributed by atoms with van der Waals surface area (Å²) in [5.74, 6) is 0. The third kappa shape index (κ3) is 2.26. The van der Waals surface area contributed by atoms with Crippen LogP contribution in [0.1, 0.15) is 5.56 Å². The molecule has 0 saturated carbocycles. The van der Waals surface area contributed by atoms with Crippen LogP contribution in [0.15, 0.2) is 81.6 Å². The van der Waals surface area contributed by atoms with Crippen LogP contribution >= 0.6 is 22.6 Å². The molecule has 0 aliphatic rings. The number of hydrogen-bond acceptors (Lipinski definition) is 2. The zero-order valence-electron chi connectivity index (χ0n) is 15.1. The zero-order chi connectivity index (χ0) is 18.8. The normalized spacial score (nSPS) is 11.9. The topological polar surface area (TPSA) is 26.3 Å². The van der Waals surface area contributed by atoms with E-state index in [1.807, 2.05) is 6.07 Å². The van der Waals surface area contributed by atoms with Crippen LogP contribution in [0.2, 0.25) is 0 Å². The summed E-state index contributed by atoms with van der Waals surface area (Å²) in [4.78, 5) is 0. The van der Waals surface area contributed by atoms with E-state index in [1.165, 1.54) is 8.96 Å². The summed E-state index contributed by atoms with van der Waals surface area (Å²) in [6.07, 6.45) is 0. The predicted molar refractivity (Wildman–Crippen MR) is 124 cm³/mol. The van der Waals surface area contributed by atoms with Crippen molar-refractivity contribution in [2.24, 2.45) is 0 Å². The Hall–Kier alpha value is -2.79. The van der Waals surface area contributed by atoms with Gasteiger partial charge in [0, 0.05) is 30.7 Å². The summed E-state index contributed by atoms with van der Waals surface area (Å²) in [5, 5.41) is 4.61. The van der Waals surface area contributed by atoms with Gasteiger partial charge in [0.25, 0.3) is 0 Å². The van der Waals surface area contributed by atoms with E-state index in [2.05, 4.69) is 96.2 Å². The van der Waals surface area contributed by atoms with E-state index >= 15 is 0 Å². The number of fused-ring (bicyclic) bond motifs is 6. The van der Waals surface area contributed by atoms with Crippen LogP contribution in [-0.4, -0.2) is 0 Å². The highest BCUT2D eigenvalue weighted by atomic mass is 127. The minimum absolute atomic E-state index is 0.911. The lowest BCUT2D eigenvalue weighted by molar-refractivity contribution is 0.666. The van der Waals surface area contributed by atoms with Gasteiger partial charge in [-0.1, -0.05) is 42.5 Å². The largest absolute Gasteiger partial charge is 0.456 e. The van der Waals surface area contributed by atoms with Gasteiger partial charge in [-0.25, -0.2) is 0 Å². The first kappa shape index (κ1) is 16.2. The van der Waals surface area contributed by atoms with Crippen LogP contribution < -0.4 is 0 Å². The first-order valence-electron chi connectivity index (χ1n) is 9.22. The standard InChI is InChI=1S/C25H15IO2/c1-14-4-2-6-18-19-7-3-5-17(25(19)28-24(14)18)15-8-10-22-20(12-15)21-13-16(26)9-11-23(21)27-22/h2-13H,1H3. The molecule has 0 radical (unpaired) electrons. The Morgan fingerprint density at radius 2 is 1.36 bits per heavy atom. The molecule has 0 N–H and O–H groups in total. The monoisotopic (exact) mass is 474 g/mol. The van der Waals surface area contributed by atoms with Crippen LogP contribution in [0.3, 0.4) is 0 Å². The molecule has 0 aliphatic heterocycles. The maximum Gasteiger partial charge on any atom is 0.143 e. The third-order valence-electron chi connectivity index (χ3n) is 5.46. The molecule has 0 atom stereocenters. The quantitative estimate of drug-likeness (QED) is 0.225. The molecule has 6 aromatic rings. The molecule has 134 valence electrons. The maximum absolute atomic E-state index is 6.34. The van der Waals surface area contributed by atoms with Gasteiger partial charge in [-0.3, -0.25) is 0 Å². The molecule has 2 aromatic heterocycles. The highest BCUT2D eigenvalue weighted by Gasteiger charge is 2.15. The van der Waals surface area contributed by atoms with Crippen molar-refractivity contribution in [2.75, 3.05) is 0 Å². The van der Waals surface area contributed by atoms with E-state index in [9.17, 15) is 0 Å². The molecule has 0 bridgehead atoms. The van der Waals surface area contributed by atoms with Crippen LogP contribution in [0.4, 0.5) is 0 Å². The van der Waals surface area contributed by atoms with Crippen LogP contribution in [-0.2, 0) is 0 Å². The van der Waals surface area contributed by atoms with Crippen molar-refractivity contribution in [1.82, 2.24) is 0 Å². The Kier molecular flexibility index (Phi) is 3.38. The number of para-hydroxylation sites is 2. The lowest BCUT2D eigenvalue weighted by Crippen LogP contribution is -1.79. The molecule has 28 heavy (non-hydrogen) atoms. The average Bonchev–Trinajstić information content (AvgIpc) is 3.26. The van der Waals surface area contributed by atoms with Gasteiger partial charge in [-0.15, -0.1) is 0 Å². The third-order valence-corrected chi connectivity index (χ3v) is 6.13. The Morgan fingerprint density at radius 3 is 2.21 bits per heavy atom. The van der Waals surface area contributed by atoms with Crippen molar-refractivity contribution >= 4 is 66.5 Å². The van der Waals surface area contributed by atoms with Crippen molar-refractivity contribution in [1.29, 1.82) is 0 Å². The lowest BCUT2D eigenvalue weighted by Gasteiger charge is -2.03. The number of aryl methyl sites for hydroxylation is 1. The molecule has 0 amide bonds. The number of benzene rings is 4. The van der Waals surface area contributed by atoms with Crippen LogP contribution in [0.5, 0.6) is 0 Å². The van der Waals surface area contributed by atoms with Crippen molar-refractivity contribution in [2.45, 2.75) is 6.92 Å². The van der Waals surface area contributed by atoms with Crippen molar-refractivity contribution < 1.29 is 8.83 Å². The van der Waals surface area contributed by atoms with E-state index in [-0.39, 0.29) is 0 Å². The summed E-state index contributed by atoms with van der Waals surface area (Å²) in [7, 11) is 0. The fourth-order valence-corrected chi connectivity index (χ4v) is 4.60. The average molecular weight is 474 g/mol. The Morgan fingerprint density at radius 1 is 0.643 bits per heavy atom. The molecule has 0 aliphatic carbocycles. The number of furan rings is 2. The summed E-state index contributed by atoms with van der Waals surface area (Å²) in [6, 6.07) is 25.4. The van der Waals surface area contributed by atoms with Gasteiger partial charge in [0.2, 0.25) is 0 Å². The van der Waals surface area contributed by atoms with Gasteiger partial charge in [0.05, 0.1) is 0 Å². The molecular formula is C25H15IO2. The molecule has 2 nitrogen and oxygen atoms in total. The van der Waals surface area contributed by atoms with Gasteiger partial charge in [-0.2, -0.15) is 0 Å². The lowest BCUT2D eigenvalue weighted by atomic mass is 10.00. The Balaban J connectivity index is 1.67. The maximum atomic E-state index is 6.34. The number of hydrogen-bond donors (Lipinski definition) is 0. The first-order chi connectivity index (χ1) is 13.7. The second-order valence-corrected chi connectivity index (χ2v) is 8.44. The molecular weight excluding hydrogens is 459 g/mol. The summed E-state index contributed by atoms with van der Waals surface area (Å²) >= 11 is 2.34. The van der Waals surface area contributed by atoms with E-state index in [4.69, 9.17) is 8.83 Å². The first-order valence-corrected chi connectivity index (χ1v) is 10.3. The van der Waals surface area contributed by atoms with Gasteiger partial charge in [-0.05, 0) is 71.0 Å². The minimum atomic E-state index is 0.911. The molecule has 2 heterocycles. The number of halogens is 1. The SMILES string of the molecule is Cc1cccc2c1oc1c(-c3ccc4oc5ccc(I)cc5c4c3)cccc12. The fourth-order valence-electron chi connectivity index (χ4n) is 4.11. The van der Waals surface area contributed by atoms with E-state index in [0.717, 1.165) is 55.2 Å². The van der Waals surface area contributed by atoms with Crippen molar-refractivity contribution in [3.63, 3.8) is 0 Å². The second-order valence-electron chi connectivity index (χ2n) is 7.19. The highest BCUT2D eigenvalue weighted by molar-refractivity contribution is 14.1. The van der Waals surface area contributed by atoms with Crippen molar-refractivity contribution in [3.05, 3.63) is 81.9 Å². The van der Waals surface area contributed by atoms with Gasteiger partial charge < -0.3 is 8.83 Å². The zero-order valence-corrected chi connectivity index (χ0v) is 17.3. The predicted octanol–water partition coefficient (Wildman–Crippen LogP) is 8.07. The molecule has 0 fully saturated rings. The van der Waals surface area contributed by atoms with Crippen molar-refractivity contribution in [3.8, 4) is 11.1 Å².